The summed E-state index contributed by atoms with van der Waals surface area (Å²) >= 11 is 1.02. The van der Waals surface area contributed by atoms with E-state index in [9.17, 15) is 8.42 Å². The van der Waals surface area contributed by atoms with Crippen molar-refractivity contribution in [1.82, 2.24) is 19.9 Å². The van der Waals surface area contributed by atoms with Crippen molar-refractivity contribution in [3.05, 3.63) is 90.2 Å². The Morgan fingerprint density at radius 1 is 0.848 bits per heavy atom. The molecule has 164 valence electrons. The maximum Gasteiger partial charge on any atom is 0.291 e. The molecule has 10 heteroatoms. The molecular weight excluding hydrogens is 456 g/mol. The molecule has 5 rings (SSSR count). The second-order valence-electron chi connectivity index (χ2n) is 7.04. The van der Waals surface area contributed by atoms with Crippen LogP contribution in [0.25, 0.3) is 22.0 Å². The average Bonchev–Trinajstić information content (AvgIpc) is 3.39. The summed E-state index contributed by atoms with van der Waals surface area (Å²) in [5.41, 5.74) is 3.37. The van der Waals surface area contributed by atoms with Gasteiger partial charge in [0.25, 0.3) is 10.0 Å². The predicted molar refractivity (Wildman–Crippen MR) is 129 cm³/mol. The molecule has 5 aromatic rings. The van der Waals surface area contributed by atoms with Gasteiger partial charge in [-0.3, -0.25) is 4.98 Å². The van der Waals surface area contributed by atoms with Crippen LogP contribution in [0.2, 0.25) is 0 Å². The highest BCUT2D eigenvalue weighted by Crippen LogP contribution is 2.33. The Labute approximate surface area is 194 Å². The van der Waals surface area contributed by atoms with Crippen molar-refractivity contribution in [1.29, 1.82) is 0 Å². The summed E-state index contributed by atoms with van der Waals surface area (Å²) < 4.78 is 27.8. The minimum Gasteiger partial charge on any atom is -0.364 e. The van der Waals surface area contributed by atoms with E-state index < -0.39 is 10.0 Å². The Hall–Kier alpha value is -3.89. The van der Waals surface area contributed by atoms with Crippen LogP contribution in [0.4, 0.5) is 11.8 Å². The summed E-state index contributed by atoms with van der Waals surface area (Å²) in [5.74, 6) is 0.466. The summed E-state index contributed by atoms with van der Waals surface area (Å²) in [4.78, 5) is 17.3. The number of sulfonamides is 1. The zero-order chi connectivity index (χ0) is 22.7. The summed E-state index contributed by atoms with van der Waals surface area (Å²) in [5, 5.41) is 5.70. The molecule has 0 radical (unpaired) electrons. The van der Waals surface area contributed by atoms with Crippen LogP contribution >= 0.6 is 11.3 Å². The van der Waals surface area contributed by atoms with Gasteiger partial charge in [-0.25, -0.2) is 14.7 Å². The van der Waals surface area contributed by atoms with Gasteiger partial charge in [0.05, 0.1) is 23.1 Å². The van der Waals surface area contributed by atoms with Crippen molar-refractivity contribution in [3.63, 3.8) is 0 Å². The van der Waals surface area contributed by atoms with E-state index in [1.165, 1.54) is 6.20 Å². The largest absolute Gasteiger partial charge is 0.364 e. The SMILES string of the molecule is O=S(=O)(Nc1nc(NCc2ccccn2)c2c(-c3ccccc3)cccc2n1)c1nccs1. The van der Waals surface area contributed by atoms with Crippen molar-refractivity contribution in [2.24, 2.45) is 0 Å². The Morgan fingerprint density at radius 2 is 1.70 bits per heavy atom. The third-order valence-corrected chi connectivity index (χ3v) is 7.36. The van der Waals surface area contributed by atoms with Gasteiger partial charge in [-0.15, -0.1) is 11.3 Å². The van der Waals surface area contributed by atoms with Gasteiger partial charge in [-0.1, -0.05) is 48.5 Å². The monoisotopic (exact) mass is 474 g/mol. The molecule has 0 saturated carbocycles. The summed E-state index contributed by atoms with van der Waals surface area (Å²) in [6, 6.07) is 21.3. The molecule has 0 atom stereocenters. The quantitative estimate of drug-likeness (QED) is 0.356. The zero-order valence-corrected chi connectivity index (χ0v) is 18.8. The first-order chi connectivity index (χ1) is 16.1. The first-order valence-electron chi connectivity index (χ1n) is 10.0. The van der Waals surface area contributed by atoms with Crippen LogP contribution in [-0.2, 0) is 16.6 Å². The zero-order valence-electron chi connectivity index (χ0n) is 17.2. The van der Waals surface area contributed by atoms with E-state index in [4.69, 9.17) is 0 Å². The number of pyridine rings is 1. The molecule has 0 saturated heterocycles. The van der Waals surface area contributed by atoms with Crippen LogP contribution in [0.5, 0.6) is 0 Å². The molecule has 3 aromatic heterocycles. The van der Waals surface area contributed by atoms with Crippen LogP contribution in [0, 0.1) is 0 Å². The Bertz CT molecular complexity index is 1490. The Morgan fingerprint density at radius 3 is 2.45 bits per heavy atom. The molecule has 0 fully saturated rings. The number of nitrogens with one attached hydrogen (secondary N) is 2. The number of benzene rings is 2. The highest BCUT2D eigenvalue weighted by atomic mass is 32.2. The minimum atomic E-state index is -3.89. The van der Waals surface area contributed by atoms with Crippen LogP contribution in [0.3, 0.4) is 0 Å². The standard InChI is InChI=1S/C23H18N6O2S2/c30-33(31,23-25-13-14-32-23)29-22-27-19-11-6-10-18(16-7-2-1-3-8-16)20(19)21(28-22)26-15-17-9-4-5-12-24-17/h1-14H,15H2,(H2,26,27,28,29). The fraction of sp³-hybridized carbons (Fsp3) is 0.0435. The van der Waals surface area contributed by atoms with Gasteiger partial charge in [0.15, 0.2) is 0 Å². The highest BCUT2D eigenvalue weighted by Gasteiger charge is 2.20. The molecular formula is C23H18N6O2S2. The molecule has 0 aliphatic rings. The van der Waals surface area contributed by atoms with Crippen LogP contribution in [-0.4, -0.2) is 28.4 Å². The number of anilines is 2. The first kappa shape index (κ1) is 21.0. The Kier molecular flexibility index (Phi) is 5.68. The van der Waals surface area contributed by atoms with E-state index in [1.54, 1.807) is 11.6 Å². The molecule has 0 unspecified atom stereocenters. The van der Waals surface area contributed by atoms with E-state index in [1.807, 2.05) is 66.7 Å². The van der Waals surface area contributed by atoms with Crippen molar-refractivity contribution in [2.45, 2.75) is 10.9 Å². The third-order valence-electron chi connectivity index (χ3n) is 4.84. The summed E-state index contributed by atoms with van der Waals surface area (Å²) in [6.07, 6.45) is 3.16. The first-order valence-corrected chi connectivity index (χ1v) is 12.4. The molecule has 2 N–H and O–H groups in total. The summed E-state index contributed by atoms with van der Waals surface area (Å²) in [7, 11) is -3.89. The number of rotatable bonds is 7. The average molecular weight is 475 g/mol. The number of nitrogens with zero attached hydrogens (tertiary/aromatic N) is 4. The number of thiazole rings is 1. The van der Waals surface area contributed by atoms with Crippen molar-refractivity contribution in [2.75, 3.05) is 10.0 Å². The summed E-state index contributed by atoms with van der Waals surface area (Å²) in [6.45, 7) is 0.411. The number of fused-ring (bicyclic) bond motifs is 1. The van der Waals surface area contributed by atoms with Gasteiger partial charge >= 0.3 is 0 Å². The molecule has 0 bridgehead atoms. The van der Waals surface area contributed by atoms with Gasteiger partial charge in [0.2, 0.25) is 10.3 Å². The van der Waals surface area contributed by atoms with Crippen molar-refractivity contribution < 1.29 is 8.42 Å². The lowest BCUT2D eigenvalue weighted by Gasteiger charge is -2.14. The second kappa shape index (κ2) is 8.93. The highest BCUT2D eigenvalue weighted by molar-refractivity contribution is 7.94. The molecule has 33 heavy (non-hydrogen) atoms. The third kappa shape index (κ3) is 4.52. The number of aromatic nitrogens is 4. The van der Waals surface area contributed by atoms with E-state index in [0.29, 0.717) is 17.9 Å². The van der Waals surface area contributed by atoms with E-state index >= 15 is 0 Å². The maximum absolute atomic E-state index is 12.7. The molecule has 0 amide bonds. The van der Waals surface area contributed by atoms with Crippen molar-refractivity contribution in [3.8, 4) is 11.1 Å². The van der Waals surface area contributed by atoms with Gasteiger partial charge < -0.3 is 5.32 Å². The van der Waals surface area contributed by atoms with Crippen LogP contribution in [0.15, 0.2) is 88.8 Å². The fourth-order valence-corrected chi connectivity index (χ4v) is 5.18. The molecule has 0 aliphatic heterocycles. The van der Waals surface area contributed by atoms with Gasteiger partial charge in [0.1, 0.15) is 5.82 Å². The van der Waals surface area contributed by atoms with Gasteiger partial charge in [-0.05, 0) is 29.3 Å². The second-order valence-corrected chi connectivity index (χ2v) is 9.79. The molecule has 0 aliphatic carbocycles. The lowest BCUT2D eigenvalue weighted by Crippen LogP contribution is -2.16. The minimum absolute atomic E-state index is 0.0357. The van der Waals surface area contributed by atoms with Crippen LogP contribution in [0.1, 0.15) is 5.69 Å². The van der Waals surface area contributed by atoms with E-state index in [0.717, 1.165) is 33.5 Å². The normalized spacial score (nSPS) is 11.4. The topological polar surface area (TPSA) is 110 Å². The smallest absolute Gasteiger partial charge is 0.291 e. The van der Waals surface area contributed by atoms with E-state index in [-0.39, 0.29) is 10.3 Å². The molecule has 8 nitrogen and oxygen atoms in total. The lowest BCUT2D eigenvalue weighted by atomic mass is 10.0. The maximum atomic E-state index is 12.7. The van der Waals surface area contributed by atoms with Gasteiger partial charge in [0, 0.05) is 17.8 Å². The Balaban J connectivity index is 1.62. The lowest BCUT2D eigenvalue weighted by molar-refractivity contribution is 0.600. The molecule has 2 aromatic carbocycles. The van der Waals surface area contributed by atoms with Crippen LogP contribution < -0.4 is 10.0 Å². The molecule has 3 heterocycles. The van der Waals surface area contributed by atoms with Gasteiger partial charge in [-0.2, -0.15) is 13.4 Å². The fourth-order valence-electron chi connectivity index (χ4n) is 3.40. The number of hydrogen-bond donors (Lipinski definition) is 2. The predicted octanol–water partition coefficient (Wildman–Crippen LogP) is 4.56. The number of hydrogen-bond acceptors (Lipinski definition) is 8. The van der Waals surface area contributed by atoms with Crippen molar-refractivity contribution >= 4 is 44.0 Å². The van der Waals surface area contributed by atoms with E-state index in [2.05, 4.69) is 30.0 Å². The molecule has 0 spiro atoms.